The van der Waals surface area contributed by atoms with E-state index in [0.29, 0.717) is 11.4 Å². The van der Waals surface area contributed by atoms with Gasteiger partial charge in [-0.3, -0.25) is 15.5 Å². The Hall–Kier alpha value is -0.680. The topological polar surface area (TPSA) is 53.8 Å². The van der Waals surface area contributed by atoms with Crippen molar-refractivity contribution in [3.05, 3.63) is 30.1 Å². The van der Waals surface area contributed by atoms with Crippen LogP contribution in [-0.2, 0) is 4.79 Å². The Morgan fingerprint density at radius 1 is 1.69 bits per heavy atom. The lowest BCUT2D eigenvalue weighted by Gasteiger charge is -2.08. The molecule has 0 aliphatic rings. The molecule has 3 nitrogen and oxygen atoms in total. The van der Waals surface area contributed by atoms with E-state index in [1.807, 2.05) is 6.07 Å². The van der Waals surface area contributed by atoms with Gasteiger partial charge >= 0.3 is 0 Å². The fraction of sp³-hybridized carbons (Fsp3) is 0.250. The van der Waals surface area contributed by atoms with E-state index in [4.69, 9.17) is 5.73 Å². The summed E-state index contributed by atoms with van der Waals surface area (Å²) in [7, 11) is 1.25. The van der Waals surface area contributed by atoms with E-state index in [2.05, 4.69) is 16.6 Å². The summed E-state index contributed by atoms with van der Waals surface area (Å²) in [5, 5.41) is 0. The largest absolute Gasteiger partial charge is 0.272 e. The molecule has 0 spiro atoms. The number of carbonyl (C=O) groups excluding carboxylic acids is 1. The van der Waals surface area contributed by atoms with Crippen LogP contribution in [0.2, 0.25) is 0 Å². The van der Waals surface area contributed by atoms with Gasteiger partial charge in [-0.25, -0.2) is 0 Å². The Balaban J connectivity index is 2.82. The molecule has 0 saturated heterocycles. The molecule has 1 heterocycles. The van der Waals surface area contributed by atoms with Crippen LogP contribution in [0.4, 0.5) is 0 Å². The predicted molar refractivity (Wildman–Crippen MR) is 56.5 cm³/mol. The van der Waals surface area contributed by atoms with E-state index in [-0.39, 0.29) is 0 Å². The van der Waals surface area contributed by atoms with Crippen molar-refractivity contribution in [2.45, 2.75) is 5.92 Å². The van der Waals surface area contributed by atoms with Crippen molar-refractivity contribution in [1.29, 1.82) is 0 Å². The van der Waals surface area contributed by atoms with Crippen LogP contribution < -0.4 is 5.73 Å². The molecule has 1 rings (SSSR count). The zero-order chi connectivity index (χ0) is 9.68. The van der Waals surface area contributed by atoms with Gasteiger partial charge in [0, 0.05) is 11.9 Å². The number of aromatic nitrogens is 1. The van der Waals surface area contributed by atoms with E-state index in [0.717, 1.165) is 0 Å². The molecular weight excluding hydrogens is 204 g/mol. The van der Waals surface area contributed by atoms with E-state index in [1.54, 1.807) is 18.3 Å². The van der Waals surface area contributed by atoms with Gasteiger partial charge in [0.1, 0.15) is 0 Å². The molecule has 0 aliphatic heterocycles. The maximum absolute atomic E-state index is 10.9. The Morgan fingerprint density at radius 2 is 2.46 bits per heavy atom. The van der Waals surface area contributed by atoms with Crippen molar-refractivity contribution in [3.63, 3.8) is 0 Å². The fourth-order valence-electron chi connectivity index (χ4n) is 0.952. The Kier molecular flexibility index (Phi) is 4.11. The SMILES string of the molecule is [NH]C(=O)C(CSS)c1ccccn1. The van der Waals surface area contributed by atoms with Crippen molar-refractivity contribution >= 4 is 28.4 Å². The summed E-state index contributed by atoms with van der Waals surface area (Å²) in [5.74, 6) is -0.577. The number of thiol groups is 1. The van der Waals surface area contributed by atoms with Crippen LogP contribution in [0.1, 0.15) is 11.6 Å². The maximum atomic E-state index is 10.9. The highest BCUT2D eigenvalue weighted by Gasteiger charge is 2.18. The van der Waals surface area contributed by atoms with E-state index in [1.165, 1.54) is 10.8 Å². The molecule has 1 atom stereocenters. The minimum atomic E-state index is -0.611. The van der Waals surface area contributed by atoms with Crippen LogP contribution in [0.3, 0.4) is 0 Å². The van der Waals surface area contributed by atoms with Crippen LogP contribution in [-0.4, -0.2) is 16.6 Å². The van der Waals surface area contributed by atoms with Crippen LogP contribution in [0, 0.1) is 0 Å². The molecule has 1 amide bonds. The second-order valence-corrected chi connectivity index (χ2v) is 3.83. The summed E-state index contributed by atoms with van der Waals surface area (Å²) in [6.45, 7) is 0. The fourth-order valence-corrected chi connectivity index (χ4v) is 1.87. The molecule has 69 valence electrons. The molecule has 0 bridgehead atoms. The quantitative estimate of drug-likeness (QED) is 0.610. The van der Waals surface area contributed by atoms with Gasteiger partial charge in [0.25, 0.3) is 0 Å². The predicted octanol–water partition coefficient (Wildman–Crippen LogP) is 1.55. The normalized spacial score (nSPS) is 12.4. The highest BCUT2D eigenvalue weighted by molar-refractivity contribution is 8.68. The molecule has 1 aromatic heterocycles. The average Bonchev–Trinajstić information content (AvgIpc) is 2.15. The number of hydrogen-bond acceptors (Lipinski definition) is 4. The van der Waals surface area contributed by atoms with Gasteiger partial charge in [-0.05, 0) is 12.1 Å². The van der Waals surface area contributed by atoms with Gasteiger partial charge in [-0.2, -0.15) is 0 Å². The van der Waals surface area contributed by atoms with Crippen molar-refractivity contribution in [2.75, 3.05) is 5.75 Å². The van der Waals surface area contributed by atoms with E-state index < -0.39 is 11.8 Å². The van der Waals surface area contributed by atoms with Gasteiger partial charge in [0.2, 0.25) is 5.91 Å². The van der Waals surface area contributed by atoms with Gasteiger partial charge in [0.05, 0.1) is 11.6 Å². The molecule has 13 heavy (non-hydrogen) atoms. The highest BCUT2D eigenvalue weighted by Crippen LogP contribution is 2.20. The standard InChI is InChI=1S/C8H9N2OS2/c9-8(11)6(5-13-12)7-3-1-2-4-10-7/h1-4,6,9,12H,5H2. The van der Waals surface area contributed by atoms with Gasteiger partial charge in [-0.15, -0.1) is 11.7 Å². The summed E-state index contributed by atoms with van der Waals surface area (Å²) < 4.78 is 0. The smallest absolute Gasteiger partial charge is 0.248 e. The average molecular weight is 213 g/mol. The molecule has 0 aromatic carbocycles. The first-order chi connectivity index (χ1) is 6.25. The summed E-state index contributed by atoms with van der Waals surface area (Å²) in [4.78, 5) is 14.9. The molecule has 1 unspecified atom stereocenters. The molecule has 5 heteroatoms. The zero-order valence-corrected chi connectivity index (χ0v) is 8.52. The van der Waals surface area contributed by atoms with Crippen LogP contribution >= 0.6 is 22.5 Å². The highest BCUT2D eigenvalue weighted by atomic mass is 33.1. The minimum Gasteiger partial charge on any atom is -0.272 e. The van der Waals surface area contributed by atoms with Crippen LogP contribution in [0.15, 0.2) is 24.4 Å². The molecule has 1 radical (unpaired) electrons. The lowest BCUT2D eigenvalue weighted by molar-refractivity contribution is -0.119. The van der Waals surface area contributed by atoms with Gasteiger partial charge < -0.3 is 0 Å². The third-order valence-corrected chi connectivity index (χ3v) is 2.53. The number of rotatable bonds is 4. The molecule has 1 N–H and O–H groups in total. The third kappa shape index (κ3) is 2.93. The molecular formula is C8H9N2OS2. The lowest BCUT2D eigenvalue weighted by atomic mass is 10.1. The van der Waals surface area contributed by atoms with Gasteiger partial charge in [0.15, 0.2) is 0 Å². The molecule has 0 aliphatic carbocycles. The van der Waals surface area contributed by atoms with Gasteiger partial charge in [-0.1, -0.05) is 16.9 Å². The van der Waals surface area contributed by atoms with Crippen LogP contribution in [0.25, 0.3) is 0 Å². The number of amides is 1. The molecule has 0 fully saturated rings. The van der Waals surface area contributed by atoms with Crippen LogP contribution in [0.5, 0.6) is 0 Å². The first-order valence-corrected chi connectivity index (χ1v) is 5.72. The van der Waals surface area contributed by atoms with Crippen molar-refractivity contribution in [3.8, 4) is 0 Å². The summed E-state index contributed by atoms with van der Waals surface area (Å²) in [6.07, 6.45) is 1.62. The first kappa shape index (κ1) is 10.4. The number of carbonyl (C=O) groups is 1. The second-order valence-electron chi connectivity index (χ2n) is 2.47. The third-order valence-electron chi connectivity index (χ3n) is 1.60. The summed E-state index contributed by atoms with van der Waals surface area (Å²) in [5.41, 5.74) is 7.69. The van der Waals surface area contributed by atoms with E-state index in [9.17, 15) is 4.79 Å². The number of nitrogens with one attached hydrogen (secondary N) is 1. The minimum absolute atomic E-state index is 0.455. The number of hydrogen-bond donors (Lipinski definition) is 1. The Morgan fingerprint density at radius 3 is 2.92 bits per heavy atom. The Bertz CT molecular complexity index is 279. The van der Waals surface area contributed by atoms with Crippen molar-refractivity contribution < 1.29 is 4.79 Å². The lowest BCUT2D eigenvalue weighted by Crippen LogP contribution is -2.16. The maximum Gasteiger partial charge on any atom is 0.248 e. The monoisotopic (exact) mass is 213 g/mol. The summed E-state index contributed by atoms with van der Waals surface area (Å²) in [6, 6.07) is 5.34. The number of pyridine rings is 1. The molecule has 1 aromatic rings. The van der Waals surface area contributed by atoms with Crippen molar-refractivity contribution in [1.82, 2.24) is 10.7 Å². The number of nitrogens with zero attached hydrogens (tertiary/aromatic N) is 1. The van der Waals surface area contributed by atoms with Crippen molar-refractivity contribution in [2.24, 2.45) is 0 Å². The first-order valence-electron chi connectivity index (χ1n) is 3.68. The molecule has 0 saturated carbocycles. The zero-order valence-electron chi connectivity index (χ0n) is 6.80. The summed E-state index contributed by atoms with van der Waals surface area (Å²) >= 11 is 3.96. The second kappa shape index (κ2) is 5.14. The Labute approximate surface area is 85.9 Å². The van der Waals surface area contributed by atoms with E-state index >= 15 is 0 Å².